The lowest BCUT2D eigenvalue weighted by atomic mass is 10.0. The van der Waals surface area contributed by atoms with E-state index in [0.29, 0.717) is 24.9 Å². The van der Waals surface area contributed by atoms with Crippen molar-refractivity contribution in [3.63, 3.8) is 0 Å². The first kappa shape index (κ1) is 21.2. The number of carbonyl (C=O) groups excluding carboxylic acids is 1. The van der Waals surface area contributed by atoms with Crippen LogP contribution in [0.25, 0.3) is 11.4 Å². The lowest BCUT2D eigenvalue weighted by molar-refractivity contribution is -0.130. The van der Waals surface area contributed by atoms with E-state index in [1.807, 2.05) is 84.9 Å². The third-order valence-corrected chi connectivity index (χ3v) is 6.54. The van der Waals surface area contributed by atoms with E-state index in [-0.39, 0.29) is 17.2 Å². The molecule has 2 aromatic carbocycles. The number of rotatable bonds is 7. The number of hydrogen-bond acceptors (Lipinski definition) is 6. The summed E-state index contributed by atoms with van der Waals surface area (Å²) in [6, 6.07) is 17.6. The van der Waals surface area contributed by atoms with E-state index in [9.17, 15) is 4.79 Å². The number of hydrogen-bond donors (Lipinski definition) is 1. The number of carbonyl (C=O) groups is 1. The van der Waals surface area contributed by atoms with E-state index < -0.39 is 0 Å². The van der Waals surface area contributed by atoms with E-state index in [2.05, 4.69) is 15.6 Å². The second kappa shape index (κ2) is 9.43. The number of nitrogens with zero attached hydrogens (tertiary/aromatic N) is 4. The lowest BCUT2D eigenvalue weighted by Crippen LogP contribution is -2.46. The second-order valence-corrected chi connectivity index (χ2v) is 8.27. The summed E-state index contributed by atoms with van der Waals surface area (Å²) in [5, 5.41) is 9.10. The van der Waals surface area contributed by atoms with Crippen molar-refractivity contribution in [2.75, 3.05) is 25.1 Å². The van der Waals surface area contributed by atoms with Gasteiger partial charge < -0.3 is 15.1 Å². The Kier molecular flexibility index (Phi) is 6.46. The molecular weight excluding hydrogens is 410 g/mol. The van der Waals surface area contributed by atoms with Crippen LogP contribution in [0.4, 0.5) is 0 Å². The van der Waals surface area contributed by atoms with E-state index >= 15 is 0 Å². The minimum atomic E-state index is -0.349. The van der Waals surface area contributed by atoms with Gasteiger partial charge in [-0.2, -0.15) is 0 Å². The number of thioether (sulfide) groups is 1. The van der Waals surface area contributed by atoms with Gasteiger partial charge >= 0.3 is 0 Å². The number of aromatic nitrogens is 3. The summed E-state index contributed by atoms with van der Waals surface area (Å²) in [5.41, 5.74) is 5.51. The molecule has 0 saturated carbocycles. The quantitative estimate of drug-likeness (QED) is 0.603. The van der Waals surface area contributed by atoms with Gasteiger partial charge in [0.15, 0.2) is 5.82 Å². The maximum Gasteiger partial charge on any atom is 0.238 e. The van der Waals surface area contributed by atoms with Crippen LogP contribution in [0.2, 0.25) is 0 Å². The fourth-order valence-electron chi connectivity index (χ4n) is 3.72. The smallest absolute Gasteiger partial charge is 0.238 e. The van der Waals surface area contributed by atoms with Crippen molar-refractivity contribution in [1.29, 1.82) is 0 Å². The number of nitrogens with one attached hydrogen (secondary N) is 1. The first-order valence-corrected chi connectivity index (χ1v) is 11.5. The van der Waals surface area contributed by atoms with Crippen LogP contribution < -0.4 is 10.2 Å². The molecule has 0 bridgehead atoms. The van der Waals surface area contributed by atoms with E-state index in [1.165, 1.54) is 11.8 Å². The van der Waals surface area contributed by atoms with Gasteiger partial charge in [-0.1, -0.05) is 54.2 Å². The second-order valence-electron chi connectivity index (χ2n) is 7.17. The molecule has 1 aliphatic heterocycles. The summed E-state index contributed by atoms with van der Waals surface area (Å²) < 4.78 is 7.49. The Morgan fingerprint density at radius 3 is 2.42 bits per heavy atom. The zero-order chi connectivity index (χ0) is 21.8. The molecule has 2 heterocycles. The van der Waals surface area contributed by atoms with Gasteiger partial charge in [-0.3, -0.25) is 4.79 Å². The van der Waals surface area contributed by atoms with Crippen LogP contribution in [0.3, 0.4) is 0 Å². The molecule has 4 rings (SSSR count). The SMILES string of the molecule is CCOc1ccc([C@@H]2Nn3c(nnc3-c3ccccc3)S[C@H]2C(=O)N(CC)CC)cc1. The Morgan fingerprint density at radius 1 is 1.06 bits per heavy atom. The molecule has 0 unspecified atom stereocenters. The van der Waals surface area contributed by atoms with Gasteiger partial charge in [0.2, 0.25) is 11.1 Å². The topological polar surface area (TPSA) is 72.3 Å². The molecule has 0 saturated heterocycles. The fraction of sp³-hybridized carbons (Fsp3) is 0.348. The van der Waals surface area contributed by atoms with Gasteiger partial charge in [-0.15, -0.1) is 10.2 Å². The Bertz CT molecular complexity index is 1020. The molecule has 1 amide bonds. The largest absolute Gasteiger partial charge is 0.494 e. The minimum Gasteiger partial charge on any atom is -0.494 e. The molecule has 0 radical (unpaired) electrons. The maximum absolute atomic E-state index is 13.4. The average Bonchev–Trinajstić information content (AvgIpc) is 3.23. The molecule has 162 valence electrons. The summed E-state index contributed by atoms with van der Waals surface area (Å²) in [6.45, 7) is 7.93. The Labute approximate surface area is 186 Å². The summed E-state index contributed by atoms with van der Waals surface area (Å²) in [7, 11) is 0. The highest BCUT2D eigenvalue weighted by atomic mass is 32.2. The van der Waals surface area contributed by atoms with Crippen molar-refractivity contribution in [3.8, 4) is 17.1 Å². The van der Waals surface area contributed by atoms with Gasteiger partial charge in [0, 0.05) is 18.7 Å². The van der Waals surface area contributed by atoms with Gasteiger partial charge in [0.25, 0.3) is 0 Å². The van der Waals surface area contributed by atoms with Crippen molar-refractivity contribution in [2.45, 2.75) is 37.2 Å². The van der Waals surface area contributed by atoms with Crippen LogP contribution in [-0.2, 0) is 4.79 Å². The monoisotopic (exact) mass is 437 g/mol. The minimum absolute atomic E-state index is 0.0943. The molecule has 0 aliphatic carbocycles. The van der Waals surface area contributed by atoms with Gasteiger partial charge in [0.1, 0.15) is 11.0 Å². The lowest BCUT2D eigenvalue weighted by Gasteiger charge is -2.35. The normalized spacial score (nSPS) is 17.5. The van der Waals surface area contributed by atoms with Crippen molar-refractivity contribution >= 4 is 17.7 Å². The summed E-state index contributed by atoms with van der Waals surface area (Å²) in [6.07, 6.45) is 0. The highest BCUT2D eigenvalue weighted by Crippen LogP contribution is 2.39. The third-order valence-electron chi connectivity index (χ3n) is 5.34. The highest BCUT2D eigenvalue weighted by Gasteiger charge is 2.39. The Balaban J connectivity index is 1.73. The first-order valence-electron chi connectivity index (χ1n) is 10.6. The zero-order valence-corrected chi connectivity index (χ0v) is 18.8. The number of benzene rings is 2. The van der Waals surface area contributed by atoms with E-state index in [1.54, 1.807) is 0 Å². The standard InChI is InChI=1S/C23H27N5O2S/c1-4-27(5-2)22(29)20-19(16-12-14-18(15-13-16)30-6-3)26-28-21(24-25-23(28)31-20)17-10-8-7-9-11-17/h7-15,19-20,26H,4-6H2,1-3H3/t19-,20+/m0/s1. The predicted octanol–water partition coefficient (Wildman–Crippen LogP) is 3.97. The molecule has 3 aromatic rings. The molecule has 2 atom stereocenters. The van der Waals surface area contributed by atoms with Gasteiger partial charge in [-0.25, -0.2) is 4.68 Å². The van der Waals surface area contributed by atoms with Crippen LogP contribution in [0.5, 0.6) is 5.75 Å². The molecule has 0 spiro atoms. The maximum atomic E-state index is 13.4. The average molecular weight is 438 g/mol. The molecule has 8 heteroatoms. The van der Waals surface area contributed by atoms with Crippen LogP contribution in [0.15, 0.2) is 59.8 Å². The number of ether oxygens (including phenoxy) is 1. The molecule has 7 nitrogen and oxygen atoms in total. The van der Waals surface area contributed by atoms with E-state index in [4.69, 9.17) is 4.74 Å². The van der Waals surface area contributed by atoms with Crippen LogP contribution in [0.1, 0.15) is 32.4 Å². The van der Waals surface area contributed by atoms with Gasteiger partial charge in [0.05, 0.1) is 12.6 Å². The van der Waals surface area contributed by atoms with Crippen molar-refractivity contribution < 1.29 is 9.53 Å². The third kappa shape index (κ3) is 4.25. The van der Waals surface area contributed by atoms with Gasteiger partial charge in [-0.05, 0) is 38.5 Å². The van der Waals surface area contributed by atoms with Crippen LogP contribution >= 0.6 is 11.8 Å². The van der Waals surface area contributed by atoms with E-state index in [0.717, 1.165) is 22.7 Å². The summed E-state index contributed by atoms with van der Waals surface area (Å²) >= 11 is 1.46. The zero-order valence-electron chi connectivity index (χ0n) is 18.0. The number of amides is 1. The molecule has 1 aliphatic rings. The highest BCUT2D eigenvalue weighted by molar-refractivity contribution is 8.00. The van der Waals surface area contributed by atoms with Crippen molar-refractivity contribution in [2.24, 2.45) is 0 Å². The molecule has 31 heavy (non-hydrogen) atoms. The van der Waals surface area contributed by atoms with Crippen molar-refractivity contribution in [3.05, 3.63) is 60.2 Å². The molecular formula is C23H27N5O2S. The Morgan fingerprint density at radius 2 is 1.77 bits per heavy atom. The molecule has 1 aromatic heterocycles. The van der Waals surface area contributed by atoms with Crippen molar-refractivity contribution in [1.82, 2.24) is 19.8 Å². The Hall–Kier alpha value is -3.00. The summed E-state index contributed by atoms with van der Waals surface area (Å²) in [4.78, 5) is 15.2. The molecule has 0 fully saturated rings. The first-order chi connectivity index (χ1) is 15.2. The number of fused-ring (bicyclic) bond motifs is 1. The fourth-order valence-corrected chi connectivity index (χ4v) is 4.88. The predicted molar refractivity (Wildman–Crippen MR) is 123 cm³/mol. The molecule has 1 N–H and O–H groups in total. The van der Waals surface area contributed by atoms with Crippen LogP contribution in [-0.4, -0.2) is 50.6 Å². The summed E-state index contributed by atoms with van der Waals surface area (Å²) in [5.74, 6) is 1.64. The van der Waals surface area contributed by atoms with Crippen LogP contribution in [0, 0.1) is 0 Å².